The number of nitrogens with one attached hydrogen (secondary N) is 1. The minimum atomic E-state index is -0.383. The minimum absolute atomic E-state index is 0.383. The molecular formula is C6H9N7. The van der Waals surface area contributed by atoms with Gasteiger partial charge < -0.3 is 5.73 Å². The van der Waals surface area contributed by atoms with Crippen LogP contribution in [0.5, 0.6) is 0 Å². The van der Waals surface area contributed by atoms with Crippen LogP contribution in [-0.2, 0) is 7.05 Å². The van der Waals surface area contributed by atoms with Gasteiger partial charge in [0.2, 0.25) is 0 Å². The molecule has 2 heterocycles. The Kier molecular flexibility index (Phi) is 1.78. The highest BCUT2D eigenvalue weighted by Crippen LogP contribution is 2.11. The average Bonchev–Trinajstić information content (AvgIpc) is 2.72. The maximum atomic E-state index is 5.86. The molecule has 0 aliphatic carbocycles. The summed E-state index contributed by atoms with van der Waals surface area (Å²) < 4.78 is 1.61. The number of aryl methyl sites for hydroxylation is 1. The number of H-pyrrole nitrogens is 1. The molecule has 0 fully saturated rings. The summed E-state index contributed by atoms with van der Waals surface area (Å²) >= 11 is 0. The van der Waals surface area contributed by atoms with Gasteiger partial charge in [-0.25, -0.2) is 4.98 Å². The van der Waals surface area contributed by atoms with E-state index in [4.69, 9.17) is 5.73 Å². The third-order valence-corrected chi connectivity index (χ3v) is 1.78. The molecule has 3 N–H and O–H groups in total. The fourth-order valence-electron chi connectivity index (χ4n) is 1.08. The standard InChI is InChI=1S/C6H9N7/c1-13-6(8-3-10-13)5(7)4-2-9-12-11-4/h2-3,5H,7H2,1H3,(H,9,11,12). The molecule has 7 heteroatoms. The zero-order chi connectivity index (χ0) is 9.26. The molecule has 0 saturated carbocycles. The summed E-state index contributed by atoms with van der Waals surface area (Å²) in [5.74, 6) is 0.661. The summed E-state index contributed by atoms with van der Waals surface area (Å²) in [7, 11) is 1.78. The summed E-state index contributed by atoms with van der Waals surface area (Å²) in [5, 5.41) is 13.9. The van der Waals surface area contributed by atoms with Crippen molar-refractivity contribution >= 4 is 0 Å². The van der Waals surface area contributed by atoms with Crippen molar-refractivity contribution in [2.75, 3.05) is 0 Å². The molecule has 2 aromatic rings. The molecule has 0 bridgehead atoms. The van der Waals surface area contributed by atoms with Gasteiger partial charge in [0.15, 0.2) is 0 Å². The third kappa shape index (κ3) is 1.29. The van der Waals surface area contributed by atoms with Crippen molar-refractivity contribution in [3.63, 3.8) is 0 Å². The van der Waals surface area contributed by atoms with E-state index in [1.807, 2.05) is 0 Å². The minimum Gasteiger partial charge on any atom is -0.316 e. The Hall–Kier alpha value is -1.76. The van der Waals surface area contributed by atoms with Gasteiger partial charge in [0, 0.05) is 7.05 Å². The van der Waals surface area contributed by atoms with Gasteiger partial charge in [0.25, 0.3) is 0 Å². The molecule has 68 valence electrons. The first-order chi connectivity index (χ1) is 6.29. The second-order valence-corrected chi connectivity index (χ2v) is 2.61. The smallest absolute Gasteiger partial charge is 0.149 e. The van der Waals surface area contributed by atoms with Gasteiger partial charge in [0.05, 0.1) is 6.20 Å². The number of hydrogen-bond donors (Lipinski definition) is 2. The van der Waals surface area contributed by atoms with E-state index in [0.29, 0.717) is 11.5 Å². The van der Waals surface area contributed by atoms with Gasteiger partial charge in [-0.3, -0.25) is 4.68 Å². The van der Waals surface area contributed by atoms with E-state index in [1.165, 1.54) is 6.33 Å². The van der Waals surface area contributed by atoms with Crippen molar-refractivity contribution < 1.29 is 0 Å². The lowest BCUT2D eigenvalue weighted by Gasteiger charge is -2.05. The van der Waals surface area contributed by atoms with E-state index in [9.17, 15) is 0 Å². The average molecular weight is 179 g/mol. The molecule has 7 nitrogen and oxygen atoms in total. The third-order valence-electron chi connectivity index (χ3n) is 1.78. The van der Waals surface area contributed by atoms with Crippen LogP contribution in [0.2, 0.25) is 0 Å². The van der Waals surface area contributed by atoms with Crippen LogP contribution in [0.3, 0.4) is 0 Å². The van der Waals surface area contributed by atoms with Gasteiger partial charge in [-0.15, -0.1) is 0 Å². The van der Waals surface area contributed by atoms with Gasteiger partial charge in [-0.05, 0) is 0 Å². The van der Waals surface area contributed by atoms with Crippen LogP contribution in [0.25, 0.3) is 0 Å². The number of aromatic amines is 1. The highest BCUT2D eigenvalue weighted by molar-refractivity contribution is 5.10. The Morgan fingerprint density at radius 1 is 1.62 bits per heavy atom. The van der Waals surface area contributed by atoms with Gasteiger partial charge >= 0.3 is 0 Å². The van der Waals surface area contributed by atoms with Gasteiger partial charge in [-0.1, -0.05) is 0 Å². The van der Waals surface area contributed by atoms with Crippen molar-refractivity contribution in [1.82, 2.24) is 30.2 Å². The molecule has 0 aliphatic rings. The molecule has 0 amide bonds. The zero-order valence-electron chi connectivity index (χ0n) is 7.05. The van der Waals surface area contributed by atoms with Crippen LogP contribution in [0.1, 0.15) is 17.6 Å². The first-order valence-corrected chi connectivity index (χ1v) is 3.74. The molecule has 0 saturated heterocycles. The summed E-state index contributed by atoms with van der Waals surface area (Å²) in [6.07, 6.45) is 3.02. The predicted octanol–water partition coefficient (Wildman–Crippen LogP) is -1.02. The number of hydrogen-bond acceptors (Lipinski definition) is 5. The molecule has 13 heavy (non-hydrogen) atoms. The molecular weight excluding hydrogens is 170 g/mol. The Balaban J connectivity index is 2.33. The molecule has 0 aliphatic heterocycles. The van der Waals surface area contributed by atoms with Crippen molar-refractivity contribution in [2.24, 2.45) is 12.8 Å². The van der Waals surface area contributed by atoms with Crippen molar-refractivity contribution in [1.29, 1.82) is 0 Å². The van der Waals surface area contributed by atoms with Crippen LogP contribution in [0.4, 0.5) is 0 Å². The topological polar surface area (TPSA) is 98.3 Å². The Morgan fingerprint density at radius 2 is 2.46 bits per heavy atom. The number of aromatic nitrogens is 6. The Bertz CT molecular complexity index is 375. The zero-order valence-corrected chi connectivity index (χ0v) is 7.05. The maximum absolute atomic E-state index is 5.86. The summed E-state index contributed by atoms with van der Waals surface area (Å²) in [5.41, 5.74) is 6.51. The molecule has 0 aromatic carbocycles. The van der Waals surface area contributed by atoms with E-state index in [0.717, 1.165) is 0 Å². The first-order valence-electron chi connectivity index (χ1n) is 3.74. The lowest BCUT2D eigenvalue weighted by Crippen LogP contribution is -2.17. The lowest BCUT2D eigenvalue weighted by molar-refractivity contribution is 0.648. The monoisotopic (exact) mass is 179 g/mol. The lowest BCUT2D eigenvalue weighted by atomic mass is 10.2. The van der Waals surface area contributed by atoms with Gasteiger partial charge in [-0.2, -0.15) is 20.5 Å². The van der Waals surface area contributed by atoms with Crippen LogP contribution in [0.15, 0.2) is 12.5 Å². The normalized spacial score (nSPS) is 13.1. The van der Waals surface area contributed by atoms with Crippen LogP contribution in [-0.4, -0.2) is 30.2 Å². The highest BCUT2D eigenvalue weighted by atomic mass is 15.3. The quantitative estimate of drug-likeness (QED) is 0.615. The summed E-state index contributed by atoms with van der Waals surface area (Å²) in [6, 6.07) is -0.383. The first kappa shape index (κ1) is 7.87. The number of rotatable bonds is 2. The second-order valence-electron chi connectivity index (χ2n) is 2.61. The molecule has 1 atom stereocenters. The molecule has 1 unspecified atom stereocenters. The van der Waals surface area contributed by atoms with Crippen LogP contribution >= 0.6 is 0 Å². The number of nitrogens with zero attached hydrogens (tertiary/aromatic N) is 5. The van der Waals surface area contributed by atoms with E-state index in [1.54, 1.807) is 17.9 Å². The van der Waals surface area contributed by atoms with Crippen molar-refractivity contribution in [3.8, 4) is 0 Å². The van der Waals surface area contributed by atoms with Gasteiger partial charge in [0.1, 0.15) is 23.9 Å². The molecule has 0 radical (unpaired) electrons. The van der Waals surface area contributed by atoms with Crippen molar-refractivity contribution in [3.05, 3.63) is 24.0 Å². The van der Waals surface area contributed by atoms with E-state index >= 15 is 0 Å². The second kappa shape index (κ2) is 2.94. The van der Waals surface area contributed by atoms with Crippen molar-refractivity contribution in [2.45, 2.75) is 6.04 Å². The Labute approximate surface area is 74.0 Å². The maximum Gasteiger partial charge on any atom is 0.149 e. The largest absolute Gasteiger partial charge is 0.316 e. The predicted molar refractivity (Wildman–Crippen MR) is 43.4 cm³/mol. The molecule has 2 aromatic heterocycles. The summed E-state index contributed by atoms with van der Waals surface area (Å²) in [4.78, 5) is 4.02. The van der Waals surface area contributed by atoms with Crippen LogP contribution < -0.4 is 5.73 Å². The fourth-order valence-corrected chi connectivity index (χ4v) is 1.08. The molecule has 0 spiro atoms. The number of nitrogens with two attached hydrogens (primary N) is 1. The van der Waals surface area contributed by atoms with E-state index in [2.05, 4.69) is 25.5 Å². The van der Waals surface area contributed by atoms with E-state index in [-0.39, 0.29) is 6.04 Å². The summed E-state index contributed by atoms with van der Waals surface area (Å²) in [6.45, 7) is 0. The molecule has 2 rings (SSSR count). The van der Waals surface area contributed by atoms with Crippen LogP contribution in [0, 0.1) is 0 Å². The van der Waals surface area contributed by atoms with E-state index < -0.39 is 0 Å². The highest BCUT2D eigenvalue weighted by Gasteiger charge is 2.15. The Morgan fingerprint density at radius 3 is 3.00 bits per heavy atom. The fraction of sp³-hybridized carbons (Fsp3) is 0.333. The SMILES string of the molecule is Cn1ncnc1C(N)c1cn[nH]n1.